The van der Waals surface area contributed by atoms with Gasteiger partial charge in [-0.05, 0) is 43.7 Å². The van der Waals surface area contributed by atoms with Gasteiger partial charge in [-0.25, -0.2) is 0 Å². The second-order valence-corrected chi connectivity index (χ2v) is 7.55. The lowest BCUT2D eigenvalue weighted by molar-refractivity contribution is -0.137. The first kappa shape index (κ1) is 22.9. The van der Waals surface area contributed by atoms with Gasteiger partial charge in [0.05, 0.1) is 19.1 Å². The van der Waals surface area contributed by atoms with Crippen LogP contribution in [-0.4, -0.2) is 55.3 Å². The molecule has 1 heterocycles. The minimum absolute atomic E-state index is 0.0496. The number of morpholine rings is 1. The molecule has 0 bridgehead atoms. The molecular weight excluding hydrogens is 394 g/mol. The fraction of sp³-hybridized carbons (Fsp3) is 0.458. The molecule has 0 aromatic heterocycles. The van der Waals surface area contributed by atoms with Crippen LogP contribution in [0.3, 0.4) is 0 Å². The number of hydrogen-bond donors (Lipinski definition) is 3. The molecule has 0 amide bonds. The lowest BCUT2D eigenvalue weighted by Gasteiger charge is -2.32. The Balaban J connectivity index is 1.62. The summed E-state index contributed by atoms with van der Waals surface area (Å²) in [6.07, 6.45) is 0.106. The zero-order valence-corrected chi connectivity index (χ0v) is 18.4. The highest BCUT2D eigenvalue weighted by atomic mass is 16.5. The second kappa shape index (κ2) is 11.6. The summed E-state index contributed by atoms with van der Waals surface area (Å²) in [5, 5.41) is 15.7. The number of carboxylic acids is 1. The van der Waals surface area contributed by atoms with Gasteiger partial charge in [0.25, 0.3) is 0 Å². The van der Waals surface area contributed by atoms with Crippen LogP contribution in [0.25, 0.3) is 0 Å². The number of ether oxygens (including phenoxy) is 2. The number of benzene rings is 2. The molecule has 7 nitrogen and oxygen atoms in total. The predicted octanol–water partition coefficient (Wildman–Crippen LogP) is 3.98. The lowest BCUT2D eigenvalue weighted by Crippen LogP contribution is -2.39. The molecule has 3 rings (SSSR count). The molecule has 7 heteroatoms. The van der Waals surface area contributed by atoms with Gasteiger partial charge in [-0.2, -0.15) is 0 Å². The van der Waals surface area contributed by atoms with Gasteiger partial charge in [0, 0.05) is 49.7 Å². The third-order valence-corrected chi connectivity index (χ3v) is 5.34. The summed E-state index contributed by atoms with van der Waals surface area (Å²) in [7, 11) is 0. The molecule has 1 fully saturated rings. The van der Waals surface area contributed by atoms with Crippen LogP contribution in [0, 0.1) is 0 Å². The Morgan fingerprint density at radius 2 is 1.81 bits per heavy atom. The zero-order chi connectivity index (χ0) is 22.1. The first-order valence-electron chi connectivity index (χ1n) is 11.0. The summed E-state index contributed by atoms with van der Waals surface area (Å²) in [5.74, 6) is 0.0357. The Labute approximate surface area is 184 Å². The van der Waals surface area contributed by atoms with E-state index in [0.29, 0.717) is 26.3 Å². The number of nitrogens with one attached hydrogen (secondary N) is 2. The van der Waals surface area contributed by atoms with Crippen LogP contribution in [0.1, 0.15) is 37.5 Å². The van der Waals surface area contributed by atoms with Crippen molar-refractivity contribution in [1.82, 2.24) is 4.90 Å². The van der Waals surface area contributed by atoms with E-state index in [-0.39, 0.29) is 12.5 Å². The smallest absolute Gasteiger partial charge is 0.304 e. The number of hydrogen-bond acceptors (Lipinski definition) is 6. The maximum absolute atomic E-state index is 10.8. The van der Waals surface area contributed by atoms with Crippen molar-refractivity contribution in [2.24, 2.45) is 0 Å². The van der Waals surface area contributed by atoms with Crippen molar-refractivity contribution in [2.45, 2.75) is 33.0 Å². The maximum Gasteiger partial charge on any atom is 0.304 e. The zero-order valence-electron chi connectivity index (χ0n) is 18.4. The number of nitrogens with zero attached hydrogens (tertiary/aromatic N) is 1. The summed E-state index contributed by atoms with van der Waals surface area (Å²) in [4.78, 5) is 13.0. The van der Waals surface area contributed by atoms with Crippen LogP contribution in [0.15, 0.2) is 42.5 Å². The van der Waals surface area contributed by atoms with E-state index in [4.69, 9.17) is 14.6 Å². The Kier molecular flexibility index (Phi) is 8.55. The van der Waals surface area contributed by atoms with E-state index in [1.54, 1.807) is 0 Å². The average Bonchev–Trinajstić information content (AvgIpc) is 2.78. The second-order valence-electron chi connectivity index (χ2n) is 7.55. The van der Waals surface area contributed by atoms with Crippen LogP contribution < -0.4 is 15.4 Å². The number of carbonyl (C=O) groups is 1. The largest absolute Gasteiger partial charge is 0.489 e. The fourth-order valence-corrected chi connectivity index (χ4v) is 3.75. The summed E-state index contributed by atoms with van der Waals surface area (Å²) in [6, 6.07) is 14.2. The van der Waals surface area contributed by atoms with Crippen molar-refractivity contribution in [2.75, 3.05) is 50.0 Å². The van der Waals surface area contributed by atoms with Crippen LogP contribution in [0.5, 0.6) is 5.75 Å². The summed E-state index contributed by atoms with van der Waals surface area (Å²) >= 11 is 0. The highest BCUT2D eigenvalue weighted by Crippen LogP contribution is 2.28. The summed E-state index contributed by atoms with van der Waals surface area (Å²) in [6.45, 7) is 8.96. The van der Waals surface area contributed by atoms with E-state index in [9.17, 15) is 4.79 Å². The standard InChI is InChI=1S/C24H33N3O4/c1-3-25-21-6-5-7-22(26-4-2)20(21)17-31-19-10-8-18(9-11-19)23-16-27(14-15-30-23)13-12-24(28)29/h5-11,23,25-26H,3-4,12-17H2,1-2H3,(H,28,29). The lowest BCUT2D eigenvalue weighted by atomic mass is 10.1. The van der Waals surface area contributed by atoms with E-state index in [2.05, 4.69) is 41.5 Å². The molecule has 0 spiro atoms. The predicted molar refractivity (Wildman–Crippen MR) is 123 cm³/mol. The highest BCUT2D eigenvalue weighted by molar-refractivity contribution is 5.67. The summed E-state index contributed by atoms with van der Waals surface area (Å²) in [5.41, 5.74) is 4.35. The molecule has 0 aliphatic carbocycles. The molecular formula is C24H33N3O4. The van der Waals surface area contributed by atoms with Gasteiger partial charge in [0.2, 0.25) is 0 Å². The molecule has 168 valence electrons. The number of rotatable bonds is 11. The molecule has 1 aliphatic rings. The van der Waals surface area contributed by atoms with Gasteiger partial charge in [-0.15, -0.1) is 0 Å². The molecule has 1 aliphatic heterocycles. The Bertz CT molecular complexity index is 817. The Morgan fingerprint density at radius 1 is 1.13 bits per heavy atom. The van der Waals surface area contributed by atoms with Crippen molar-refractivity contribution in [3.05, 3.63) is 53.6 Å². The fourth-order valence-electron chi connectivity index (χ4n) is 3.75. The first-order valence-corrected chi connectivity index (χ1v) is 11.0. The molecule has 1 saturated heterocycles. The van der Waals surface area contributed by atoms with Gasteiger partial charge in [-0.1, -0.05) is 18.2 Å². The molecule has 31 heavy (non-hydrogen) atoms. The molecule has 3 N–H and O–H groups in total. The Morgan fingerprint density at radius 3 is 2.42 bits per heavy atom. The van der Waals surface area contributed by atoms with Gasteiger partial charge < -0.3 is 25.2 Å². The number of carboxylic acid groups (broad SMARTS) is 1. The van der Waals surface area contributed by atoms with E-state index in [0.717, 1.165) is 47.9 Å². The molecule has 2 aromatic rings. The van der Waals surface area contributed by atoms with Gasteiger partial charge >= 0.3 is 5.97 Å². The topological polar surface area (TPSA) is 83.1 Å². The van der Waals surface area contributed by atoms with Crippen molar-refractivity contribution < 1.29 is 19.4 Å². The molecule has 2 aromatic carbocycles. The molecule has 0 radical (unpaired) electrons. The maximum atomic E-state index is 10.8. The number of aliphatic carboxylic acids is 1. The first-order chi connectivity index (χ1) is 15.1. The minimum Gasteiger partial charge on any atom is -0.489 e. The van der Waals surface area contributed by atoms with Crippen LogP contribution in [0.4, 0.5) is 11.4 Å². The van der Waals surface area contributed by atoms with E-state index in [1.807, 2.05) is 30.3 Å². The van der Waals surface area contributed by atoms with Crippen LogP contribution in [-0.2, 0) is 16.1 Å². The molecule has 0 saturated carbocycles. The minimum atomic E-state index is -0.766. The van der Waals surface area contributed by atoms with E-state index in [1.165, 1.54) is 0 Å². The number of anilines is 2. The Hall–Kier alpha value is -2.77. The van der Waals surface area contributed by atoms with Crippen molar-refractivity contribution in [3.63, 3.8) is 0 Å². The van der Waals surface area contributed by atoms with Crippen molar-refractivity contribution >= 4 is 17.3 Å². The normalized spacial score (nSPS) is 16.6. The molecule has 1 unspecified atom stereocenters. The third-order valence-electron chi connectivity index (χ3n) is 5.34. The highest BCUT2D eigenvalue weighted by Gasteiger charge is 2.22. The average molecular weight is 428 g/mol. The summed E-state index contributed by atoms with van der Waals surface area (Å²) < 4.78 is 12.0. The molecule has 1 atom stereocenters. The van der Waals surface area contributed by atoms with E-state index >= 15 is 0 Å². The van der Waals surface area contributed by atoms with Gasteiger partial charge in [0.15, 0.2) is 0 Å². The SMILES string of the molecule is CCNc1cccc(NCC)c1COc1ccc(C2CN(CCC(=O)O)CCO2)cc1. The van der Waals surface area contributed by atoms with E-state index < -0.39 is 5.97 Å². The van der Waals surface area contributed by atoms with Gasteiger partial charge in [-0.3, -0.25) is 9.69 Å². The van der Waals surface area contributed by atoms with Crippen LogP contribution in [0.2, 0.25) is 0 Å². The third kappa shape index (κ3) is 6.60. The monoisotopic (exact) mass is 427 g/mol. The van der Waals surface area contributed by atoms with Crippen LogP contribution >= 0.6 is 0 Å². The van der Waals surface area contributed by atoms with Gasteiger partial charge in [0.1, 0.15) is 12.4 Å². The van der Waals surface area contributed by atoms with Crippen molar-refractivity contribution in [1.29, 1.82) is 0 Å². The quantitative estimate of drug-likeness (QED) is 0.500. The van der Waals surface area contributed by atoms with Crippen molar-refractivity contribution in [3.8, 4) is 5.75 Å².